The number of carbonyl (C=O) groups excluding carboxylic acids is 1. The minimum absolute atomic E-state index is 0.0324. The molecule has 120 valence electrons. The summed E-state index contributed by atoms with van der Waals surface area (Å²) in [6, 6.07) is 10.8. The van der Waals surface area contributed by atoms with Crippen LogP contribution in [-0.2, 0) is 11.3 Å². The van der Waals surface area contributed by atoms with Gasteiger partial charge in [-0.05, 0) is 19.9 Å². The maximum Gasteiger partial charge on any atom is 0.240 e. The van der Waals surface area contributed by atoms with E-state index in [0.29, 0.717) is 6.61 Å². The van der Waals surface area contributed by atoms with Crippen molar-refractivity contribution in [3.05, 3.63) is 63.6 Å². The van der Waals surface area contributed by atoms with Gasteiger partial charge in [0.25, 0.3) is 0 Å². The minimum Gasteiger partial charge on any atom is -0.493 e. The van der Waals surface area contributed by atoms with Crippen molar-refractivity contribution in [2.45, 2.75) is 32.9 Å². The molecule has 1 aromatic heterocycles. The maximum absolute atomic E-state index is 12.4. The van der Waals surface area contributed by atoms with E-state index in [0.717, 1.165) is 29.1 Å². The monoisotopic (exact) mass is 312 g/mol. The van der Waals surface area contributed by atoms with Crippen LogP contribution in [0.1, 0.15) is 29.4 Å². The number of fused-ring (bicyclic) bond motifs is 1. The number of benzene rings is 1. The van der Waals surface area contributed by atoms with Crippen LogP contribution in [-0.4, -0.2) is 17.1 Å². The van der Waals surface area contributed by atoms with Crippen LogP contribution in [0.2, 0.25) is 0 Å². The molecule has 0 bridgehead atoms. The molecule has 0 fully saturated rings. The number of nitrogens with one attached hydrogen (secondary N) is 1. The fourth-order valence-electron chi connectivity index (χ4n) is 3.01. The Labute approximate surface area is 134 Å². The number of nitrogens with zero attached hydrogens (tertiary/aromatic N) is 1. The van der Waals surface area contributed by atoms with Crippen molar-refractivity contribution < 1.29 is 9.53 Å². The molecule has 5 nitrogen and oxygen atoms in total. The molecule has 0 saturated carbocycles. The van der Waals surface area contributed by atoms with E-state index in [-0.39, 0.29) is 23.9 Å². The molecule has 1 aromatic carbocycles. The summed E-state index contributed by atoms with van der Waals surface area (Å²) in [5, 5.41) is 3.07. The highest BCUT2D eigenvalue weighted by molar-refractivity contribution is 5.76. The molecule has 1 atom stereocenters. The molecule has 0 radical (unpaired) electrons. The number of hydrogen-bond donors (Lipinski definition) is 1. The smallest absolute Gasteiger partial charge is 0.240 e. The van der Waals surface area contributed by atoms with Crippen molar-refractivity contribution in [1.29, 1.82) is 0 Å². The van der Waals surface area contributed by atoms with Crippen LogP contribution in [0.15, 0.2) is 41.2 Å². The van der Waals surface area contributed by atoms with Gasteiger partial charge in [0.2, 0.25) is 5.91 Å². The second-order valence-corrected chi connectivity index (χ2v) is 5.86. The topological polar surface area (TPSA) is 60.3 Å². The van der Waals surface area contributed by atoms with E-state index in [1.165, 1.54) is 0 Å². The van der Waals surface area contributed by atoms with Crippen LogP contribution in [0, 0.1) is 13.8 Å². The normalized spacial score (nSPS) is 16.3. The molecule has 2 heterocycles. The third kappa shape index (κ3) is 3.28. The molecule has 0 saturated heterocycles. The molecular weight excluding hydrogens is 292 g/mol. The molecule has 2 aromatic rings. The van der Waals surface area contributed by atoms with Crippen LogP contribution in [0.3, 0.4) is 0 Å². The summed E-state index contributed by atoms with van der Waals surface area (Å²) in [6.45, 7) is 4.48. The highest BCUT2D eigenvalue weighted by Gasteiger charge is 2.22. The maximum atomic E-state index is 12.4. The number of rotatable bonds is 3. The van der Waals surface area contributed by atoms with Crippen LogP contribution in [0.25, 0.3) is 0 Å². The van der Waals surface area contributed by atoms with Crippen molar-refractivity contribution in [2.24, 2.45) is 0 Å². The number of pyridine rings is 1. The van der Waals surface area contributed by atoms with E-state index in [1.54, 1.807) is 12.1 Å². The lowest BCUT2D eigenvalue weighted by molar-refractivity contribution is -0.122. The standard InChI is InChI=1S/C18H20N2O3/c1-12-9-14(21)10-13(2)20(12)11-18(22)19-16-7-8-23-17-6-4-3-5-15(16)17/h3-6,9-10,16H,7-8,11H2,1-2H3,(H,19,22). The summed E-state index contributed by atoms with van der Waals surface area (Å²) >= 11 is 0. The first-order valence-corrected chi connectivity index (χ1v) is 7.74. The molecule has 1 aliphatic rings. The third-order valence-electron chi connectivity index (χ3n) is 4.15. The SMILES string of the molecule is Cc1cc(=O)cc(C)n1CC(=O)NC1CCOc2ccccc21. The quantitative estimate of drug-likeness (QED) is 0.944. The summed E-state index contributed by atoms with van der Waals surface area (Å²) in [4.78, 5) is 23.9. The highest BCUT2D eigenvalue weighted by atomic mass is 16.5. The second kappa shape index (κ2) is 6.28. The zero-order valence-electron chi connectivity index (χ0n) is 13.3. The number of amides is 1. The number of para-hydroxylation sites is 1. The number of carbonyl (C=O) groups is 1. The number of hydrogen-bond acceptors (Lipinski definition) is 3. The Morgan fingerprint density at radius 3 is 2.70 bits per heavy atom. The lowest BCUT2D eigenvalue weighted by Crippen LogP contribution is -2.35. The Morgan fingerprint density at radius 2 is 1.96 bits per heavy atom. The minimum atomic E-state index is -0.0680. The van der Waals surface area contributed by atoms with E-state index < -0.39 is 0 Å². The molecule has 5 heteroatoms. The van der Waals surface area contributed by atoms with Gasteiger partial charge in [-0.15, -0.1) is 0 Å². The molecule has 1 aliphatic heterocycles. The molecule has 1 N–H and O–H groups in total. The molecule has 1 amide bonds. The van der Waals surface area contributed by atoms with Gasteiger partial charge in [0, 0.05) is 35.5 Å². The van der Waals surface area contributed by atoms with Gasteiger partial charge in [0.1, 0.15) is 12.3 Å². The van der Waals surface area contributed by atoms with E-state index in [2.05, 4.69) is 5.32 Å². The van der Waals surface area contributed by atoms with Crippen molar-refractivity contribution in [2.75, 3.05) is 6.61 Å². The Balaban J connectivity index is 1.75. The van der Waals surface area contributed by atoms with Gasteiger partial charge in [0.05, 0.1) is 12.6 Å². The predicted octanol–water partition coefficient (Wildman–Crippen LogP) is 2.11. The lowest BCUT2D eigenvalue weighted by Gasteiger charge is -2.27. The van der Waals surface area contributed by atoms with Crippen molar-refractivity contribution in [3.63, 3.8) is 0 Å². The Morgan fingerprint density at radius 1 is 1.26 bits per heavy atom. The van der Waals surface area contributed by atoms with Crippen LogP contribution >= 0.6 is 0 Å². The Bertz CT molecular complexity index is 769. The second-order valence-electron chi connectivity index (χ2n) is 5.86. The molecule has 1 unspecified atom stereocenters. The van der Waals surface area contributed by atoms with Gasteiger partial charge in [-0.2, -0.15) is 0 Å². The van der Waals surface area contributed by atoms with E-state index in [4.69, 9.17) is 4.74 Å². The molecule has 3 rings (SSSR count). The largest absolute Gasteiger partial charge is 0.493 e. The zero-order valence-corrected chi connectivity index (χ0v) is 13.3. The van der Waals surface area contributed by atoms with Gasteiger partial charge < -0.3 is 14.6 Å². The number of ether oxygens (including phenoxy) is 1. The lowest BCUT2D eigenvalue weighted by atomic mass is 10.0. The van der Waals surface area contributed by atoms with Crippen LogP contribution in [0.4, 0.5) is 0 Å². The highest BCUT2D eigenvalue weighted by Crippen LogP contribution is 2.31. The first kappa shape index (κ1) is 15.3. The molecule has 23 heavy (non-hydrogen) atoms. The zero-order chi connectivity index (χ0) is 16.4. The summed E-state index contributed by atoms with van der Waals surface area (Å²) in [5.74, 6) is 0.765. The van der Waals surface area contributed by atoms with E-state index in [1.807, 2.05) is 42.7 Å². The molecule has 0 spiro atoms. The predicted molar refractivity (Wildman–Crippen MR) is 87.6 cm³/mol. The summed E-state index contributed by atoms with van der Waals surface area (Å²) in [6.07, 6.45) is 0.755. The number of aromatic nitrogens is 1. The van der Waals surface area contributed by atoms with Gasteiger partial charge >= 0.3 is 0 Å². The van der Waals surface area contributed by atoms with Crippen molar-refractivity contribution in [1.82, 2.24) is 9.88 Å². The Hall–Kier alpha value is -2.56. The van der Waals surface area contributed by atoms with Crippen LogP contribution < -0.4 is 15.5 Å². The van der Waals surface area contributed by atoms with Gasteiger partial charge in [0.15, 0.2) is 5.43 Å². The summed E-state index contributed by atoms with van der Waals surface area (Å²) in [7, 11) is 0. The van der Waals surface area contributed by atoms with Crippen LogP contribution in [0.5, 0.6) is 5.75 Å². The van der Waals surface area contributed by atoms with Gasteiger partial charge in [-0.25, -0.2) is 0 Å². The van der Waals surface area contributed by atoms with E-state index >= 15 is 0 Å². The molecule has 0 aliphatic carbocycles. The van der Waals surface area contributed by atoms with Gasteiger partial charge in [-0.3, -0.25) is 9.59 Å². The van der Waals surface area contributed by atoms with Gasteiger partial charge in [-0.1, -0.05) is 18.2 Å². The van der Waals surface area contributed by atoms with Crippen molar-refractivity contribution >= 4 is 5.91 Å². The number of aryl methyl sites for hydroxylation is 2. The first-order valence-electron chi connectivity index (χ1n) is 7.74. The van der Waals surface area contributed by atoms with Crippen molar-refractivity contribution in [3.8, 4) is 5.75 Å². The third-order valence-corrected chi connectivity index (χ3v) is 4.15. The summed E-state index contributed by atoms with van der Waals surface area (Å²) < 4.78 is 7.46. The fraction of sp³-hybridized carbons (Fsp3) is 0.333. The first-order chi connectivity index (χ1) is 11.0. The average Bonchev–Trinajstić information content (AvgIpc) is 2.51. The Kier molecular flexibility index (Phi) is 4.19. The molecular formula is C18H20N2O3. The fourth-order valence-corrected chi connectivity index (χ4v) is 3.01. The summed E-state index contributed by atoms with van der Waals surface area (Å²) in [5.41, 5.74) is 2.56. The van der Waals surface area contributed by atoms with E-state index in [9.17, 15) is 9.59 Å². The average molecular weight is 312 g/mol.